The van der Waals surface area contributed by atoms with E-state index in [1.54, 1.807) is 29.7 Å². The number of carbonyl (C=O) groups excluding carboxylic acids is 2. The summed E-state index contributed by atoms with van der Waals surface area (Å²) in [5.41, 5.74) is 5.15. The summed E-state index contributed by atoms with van der Waals surface area (Å²) in [6.45, 7) is 5.63. The molecule has 0 bridgehead atoms. The van der Waals surface area contributed by atoms with Gasteiger partial charge in [0.15, 0.2) is 11.4 Å². The van der Waals surface area contributed by atoms with E-state index in [1.807, 2.05) is 74.5 Å². The number of fused-ring (bicyclic) bond motifs is 1. The first kappa shape index (κ1) is 27.8. The van der Waals surface area contributed by atoms with Crippen molar-refractivity contribution in [3.8, 4) is 5.75 Å². The van der Waals surface area contributed by atoms with Gasteiger partial charge in [-0.05, 0) is 73.4 Å². The van der Waals surface area contributed by atoms with Crippen molar-refractivity contribution in [3.63, 3.8) is 0 Å². The molecular weight excluding hydrogens is 538 g/mol. The number of ether oxygens (including phenoxy) is 2. The molecule has 1 aliphatic rings. The van der Waals surface area contributed by atoms with Crippen molar-refractivity contribution >= 4 is 35.0 Å². The Morgan fingerprint density at radius 2 is 1.73 bits per heavy atom. The minimum Gasteiger partial charge on any atom is -0.484 e. The number of amides is 1. The lowest BCUT2D eigenvalue weighted by atomic mass is 9.96. The number of hydrogen-bond donors (Lipinski definition) is 1. The SMILES string of the molecule is COC(=O)C1=C(C)N=c2s/c(=C\c3ccc(OCC(=O)Nc4ccc(C)c(C)c4)cc3)c(=O)n2[C@@H]1c1ccccc1. The molecule has 1 aliphatic heterocycles. The lowest BCUT2D eigenvalue weighted by molar-refractivity contribution is -0.136. The first-order valence-corrected chi connectivity index (χ1v) is 13.8. The number of carbonyl (C=O) groups is 2. The predicted octanol–water partition coefficient (Wildman–Crippen LogP) is 4.04. The van der Waals surface area contributed by atoms with Gasteiger partial charge in [-0.3, -0.25) is 14.2 Å². The van der Waals surface area contributed by atoms with Crippen LogP contribution in [0.3, 0.4) is 0 Å². The maximum absolute atomic E-state index is 13.6. The maximum atomic E-state index is 13.6. The topological polar surface area (TPSA) is 99.0 Å². The quantitative estimate of drug-likeness (QED) is 0.340. The van der Waals surface area contributed by atoms with E-state index >= 15 is 0 Å². The highest BCUT2D eigenvalue weighted by Gasteiger charge is 2.32. The number of rotatable bonds is 7. The van der Waals surface area contributed by atoms with Crippen LogP contribution in [0.1, 0.15) is 35.2 Å². The van der Waals surface area contributed by atoms with Gasteiger partial charge in [0.05, 0.1) is 29.0 Å². The molecule has 9 heteroatoms. The van der Waals surface area contributed by atoms with Crippen molar-refractivity contribution < 1.29 is 19.1 Å². The maximum Gasteiger partial charge on any atom is 0.338 e. The van der Waals surface area contributed by atoms with Crippen LogP contribution in [0.15, 0.2) is 93.9 Å². The molecule has 4 aromatic rings. The van der Waals surface area contributed by atoms with Crippen LogP contribution in [0.25, 0.3) is 6.08 Å². The molecule has 1 N–H and O–H groups in total. The first-order chi connectivity index (χ1) is 19.7. The van der Waals surface area contributed by atoms with E-state index in [9.17, 15) is 14.4 Å². The number of anilines is 1. The number of thiazole rings is 1. The number of methoxy groups -OCH3 is 1. The first-order valence-electron chi connectivity index (χ1n) is 13.0. The molecule has 1 atom stereocenters. The summed E-state index contributed by atoms with van der Waals surface area (Å²) in [5, 5.41) is 2.84. The number of nitrogens with zero attached hydrogens (tertiary/aromatic N) is 2. The highest BCUT2D eigenvalue weighted by Crippen LogP contribution is 2.30. The fourth-order valence-electron chi connectivity index (χ4n) is 4.62. The van der Waals surface area contributed by atoms with Gasteiger partial charge in [0.2, 0.25) is 0 Å². The Hall–Kier alpha value is -4.76. The summed E-state index contributed by atoms with van der Waals surface area (Å²) >= 11 is 1.26. The molecule has 0 radical (unpaired) electrons. The zero-order chi connectivity index (χ0) is 29.1. The van der Waals surface area contributed by atoms with E-state index < -0.39 is 12.0 Å². The molecule has 0 aliphatic carbocycles. The Morgan fingerprint density at radius 1 is 1.00 bits per heavy atom. The molecule has 1 amide bonds. The van der Waals surface area contributed by atoms with Crippen molar-refractivity contribution in [1.82, 2.24) is 4.57 Å². The molecule has 5 rings (SSSR count). The third kappa shape index (κ3) is 5.90. The second kappa shape index (κ2) is 11.8. The summed E-state index contributed by atoms with van der Waals surface area (Å²) in [4.78, 5) is 43.8. The molecule has 2 heterocycles. The van der Waals surface area contributed by atoms with Crippen LogP contribution in [0.4, 0.5) is 5.69 Å². The Kier molecular flexibility index (Phi) is 7.98. The Balaban J connectivity index is 1.37. The normalized spacial score (nSPS) is 14.7. The summed E-state index contributed by atoms with van der Waals surface area (Å²) in [5.74, 6) is -0.248. The number of aromatic nitrogens is 1. The van der Waals surface area contributed by atoms with Crippen LogP contribution >= 0.6 is 11.3 Å². The molecule has 8 nitrogen and oxygen atoms in total. The number of allylic oxidation sites excluding steroid dienone is 1. The number of benzene rings is 3. The average molecular weight is 568 g/mol. The average Bonchev–Trinajstić information content (AvgIpc) is 3.27. The Morgan fingerprint density at radius 3 is 2.41 bits per heavy atom. The molecular formula is C32H29N3O5S. The number of nitrogens with one attached hydrogen (secondary N) is 1. The molecule has 0 spiro atoms. The lowest BCUT2D eigenvalue weighted by Gasteiger charge is -2.24. The summed E-state index contributed by atoms with van der Waals surface area (Å²) in [6.07, 6.45) is 1.78. The summed E-state index contributed by atoms with van der Waals surface area (Å²) < 4.78 is 12.7. The minimum absolute atomic E-state index is 0.133. The molecule has 3 aromatic carbocycles. The number of esters is 1. The van der Waals surface area contributed by atoms with E-state index in [2.05, 4.69) is 10.3 Å². The largest absolute Gasteiger partial charge is 0.484 e. The second-order valence-electron chi connectivity index (χ2n) is 9.69. The van der Waals surface area contributed by atoms with Crippen molar-refractivity contribution in [3.05, 3.63) is 126 Å². The smallest absolute Gasteiger partial charge is 0.338 e. The number of hydrogen-bond acceptors (Lipinski definition) is 7. The highest BCUT2D eigenvalue weighted by molar-refractivity contribution is 7.07. The fourth-order valence-corrected chi connectivity index (χ4v) is 5.67. The van der Waals surface area contributed by atoms with Gasteiger partial charge in [-0.15, -0.1) is 0 Å². The number of aryl methyl sites for hydroxylation is 2. The van der Waals surface area contributed by atoms with E-state index in [1.165, 1.54) is 18.4 Å². The zero-order valence-electron chi connectivity index (χ0n) is 23.1. The molecule has 41 heavy (non-hydrogen) atoms. The van der Waals surface area contributed by atoms with Crippen LogP contribution in [-0.4, -0.2) is 30.2 Å². The minimum atomic E-state index is -0.646. The predicted molar refractivity (Wildman–Crippen MR) is 159 cm³/mol. The van der Waals surface area contributed by atoms with Crippen LogP contribution in [0, 0.1) is 13.8 Å². The van der Waals surface area contributed by atoms with Crippen molar-refractivity contribution in [2.24, 2.45) is 4.99 Å². The third-order valence-electron chi connectivity index (χ3n) is 6.88. The van der Waals surface area contributed by atoms with Crippen molar-refractivity contribution in [2.75, 3.05) is 19.0 Å². The van der Waals surface area contributed by atoms with Gasteiger partial charge < -0.3 is 14.8 Å². The summed E-state index contributed by atoms with van der Waals surface area (Å²) in [6, 6.07) is 21.6. The van der Waals surface area contributed by atoms with Crippen LogP contribution in [0.2, 0.25) is 0 Å². The molecule has 1 aromatic heterocycles. The van der Waals surface area contributed by atoms with Gasteiger partial charge in [-0.2, -0.15) is 0 Å². The van der Waals surface area contributed by atoms with Gasteiger partial charge in [-0.1, -0.05) is 59.9 Å². The van der Waals surface area contributed by atoms with E-state index in [0.717, 1.165) is 27.9 Å². The van der Waals surface area contributed by atoms with Crippen molar-refractivity contribution in [2.45, 2.75) is 26.8 Å². The standard InChI is InChI=1S/C32H29N3O5S/c1-19-10-13-24(16-20(19)2)34-27(36)18-40-25-14-11-22(12-15-25)17-26-30(37)35-29(23-8-6-5-7-9-23)28(31(38)39-4)21(3)33-32(35)41-26/h5-17,29H,18H2,1-4H3,(H,34,36)/b26-17-/t29-/m1/s1. The van der Waals surface area contributed by atoms with Gasteiger partial charge in [0.25, 0.3) is 11.5 Å². The molecule has 0 fully saturated rings. The van der Waals surface area contributed by atoms with Crippen LogP contribution in [0.5, 0.6) is 5.75 Å². The van der Waals surface area contributed by atoms with E-state index in [0.29, 0.717) is 26.4 Å². The Bertz CT molecular complexity index is 1840. The third-order valence-corrected chi connectivity index (χ3v) is 7.86. The van der Waals surface area contributed by atoms with Gasteiger partial charge in [0.1, 0.15) is 5.75 Å². The molecule has 0 saturated heterocycles. The molecule has 0 saturated carbocycles. The monoisotopic (exact) mass is 567 g/mol. The summed E-state index contributed by atoms with van der Waals surface area (Å²) in [7, 11) is 1.32. The highest BCUT2D eigenvalue weighted by atomic mass is 32.1. The van der Waals surface area contributed by atoms with Crippen LogP contribution < -0.4 is 24.9 Å². The molecule has 0 unspecified atom stereocenters. The molecule has 208 valence electrons. The van der Waals surface area contributed by atoms with Gasteiger partial charge in [-0.25, -0.2) is 9.79 Å². The lowest BCUT2D eigenvalue weighted by Crippen LogP contribution is -2.39. The second-order valence-corrected chi connectivity index (χ2v) is 10.7. The zero-order valence-corrected chi connectivity index (χ0v) is 24.0. The van der Waals surface area contributed by atoms with E-state index in [-0.39, 0.29) is 18.1 Å². The fraction of sp³-hybridized carbons (Fsp3) is 0.188. The van der Waals surface area contributed by atoms with Crippen molar-refractivity contribution in [1.29, 1.82) is 0 Å². The Labute approximate surface area is 240 Å². The van der Waals surface area contributed by atoms with Crippen LogP contribution in [-0.2, 0) is 14.3 Å². The van der Waals surface area contributed by atoms with Gasteiger partial charge in [0, 0.05) is 5.69 Å². The van der Waals surface area contributed by atoms with Gasteiger partial charge >= 0.3 is 5.97 Å². The van der Waals surface area contributed by atoms with E-state index in [4.69, 9.17) is 9.47 Å².